The van der Waals surface area contributed by atoms with Gasteiger partial charge in [0.15, 0.2) is 0 Å². The molecule has 0 fully saturated rings. The van der Waals surface area contributed by atoms with Crippen LogP contribution in [-0.2, 0) is 16.1 Å². The fourth-order valence-corrected chi connectivity index (χ4v) is 2.49. The zero-order chi connectivity index (χ0) is 16.8. The Morgan fingerprint density at radius 2 is 1.61 bits per heavy atom. The number of esters is 1. The van der Waals surface area contributed by atoms with E-state index in [0.29, 0.717) is 5.56 Å². The Bertz CT molecular complexity index is 685. The molecular weight excluding hydrogens is 290 g/mol. The first kappa shape index (κ1) is 16.7. The largest absolute Gasteiger partial charge is 0.459 e. The Kier molecular flexibility index (Phi) is 5.52. The highest BCUT2D eigenvalue weighted by Crippen LogP contribution is 2.17. The van der Waals surface area contributed by atoms with Crippen molar-refractivity contribution < 1.29 is 14.3 Å². The first-order valence-electron chi connectivity index (χ1n) is 7.53. The zero-order valence-corrected chi connectivity index (χ0v) is 13.7. The van der Waals surface area contributed by atoms with Gasteiger partial charge < -0.3 is 10.1 Å². The van der Waals surface area contributed by atoms with Gasteiger partial charge in [-0.3, -0.25) is 9.59 Å². The van der Waals surface area contributed by atoms with E-state index >= 15 is 0 Å². The van der Waals surface area contributed by atoms with Crippen LogP contribution in [0.25, 0.3) is 0 Å². The number of hydrogen-bond donors (Lipinski definition) is 1. The van der Waals surface area contributed by atoms with Crippen LogP contribution in [0.5, 0.6) is 0 Å². The number of carbonyl (C=O) groups excluding carboxylic acids is 2. The SMILES string of the molecule is Cc1cc(C)c(COC(=O)CNC(=O)c2ccccc2)c(C)c1. The summed E-state index contributed by atoms with van der Waals surface area (Å²) in [5, 5.41) is 2.56. The molecule has 0 atom stereocenters. The topological polar surface area (TPSA) is 55.4 Å². The van der Waals surface area contributed by atoms with Crippen molar-refractivity contribution in [1.82, 2.24) is 5.32 Å². The normalized spacial score (nSPS) is 10.2. The second-order valence-electron chi connectivity index (χ2n) is 5.59. The maximum Gasteiger partial charge on any atom is 0.325 e. The second kappa shape index (κ2) is 7.58. The van der Waals surface area contributed by atoms with E-state index in [2.05, 4.69) is 17.4 Å². The van der Waals surface area contributed by atoms with Gasteiger partial charge in [0.2, 0.25) is 0 Å². The molecule has 0 saturated carbocycles. The van der Waals surface area contributed by atoms with Gasteiger partial charge in [-0.1, -0.05) is 35.9 Å². The standard InChI is InChI=1S/C19H21NO3/c1-13-9-14(2)17(15(3)10-13)12-23-18(21)11-20-19(22)16-7-5-4-6-8-16/h4-10H,11-12H2,1-3H3,(H,20,22). The first-order valence-corrected chi connectivity index (χ1v) is 7.53. The van der Waals surface area contributed by atoms with Crippen molar-refractivity contribution in [3.8, 4) is 0 Å². The van der Waals surface area contributed by atoms with Crippen LogP contribution in [0.2, 0.25) is 0 Å². The molecule has 23 heavy (non-hydrogen) atoms. The van der Waals surface area contributed by atoms with E-state index in [1.54, 1.807) is 24.3 Å². The molecule has 2 rings (SSSR count). The van der Waals surface area contributed by atoms with Gasteiger partial charge in [0, 0.05) is 5.56 Å². The van der Waals surface area contributed by atoms with Crippen molar-refractivity contribution in [2.24, 2.45) is 0 Å². The summed E-state index contributed by atoms with van der Waals surface area (Å²) in [6, 6.07) is 12.9. The lowest BCUT2D eigenvalue weighted by molar-refractivity contribution is -0.143. The molecule has 2 aromatic rings. The van der Waals surface area contributed by atoms with Gasteiger partial charge in [-0.05, 0) is 49.6 Å². The summed E-state index contributed by atoms with van der Waals surface area (Å²) >= 11 is 0. The van der Waals surface area contributed by atoms with E-state index in [9.17, 15) is 9.59 Å². The van der Waals surface area contributed by atoms with Gasteiger partial charge in [-0.15, -0.1) is 0 Å². The van der Waals surface area contributed by atoms with E-state index in [1.165, 1.54) is 5.56 Å². The summed E-state index contributed by atoms with van der Waals surface area (Å²) in [4.78, 5) is 23.7. The van der Waals surface area contributed by atoms with Crippen molar-refractivity contribution in [1.29, 1.82) is 0 Å². The monoisotopic (exact) mass is 311 g/mol. The predicted octanol–water partition coefficient (Wildman–Crippen LogP) is 3.09. The average Bonchev–Trinajstić information content (AvgIpc) is 2.52. The molecule has 0 aliphatic rings. The minimum absolute atomic E-state index is 0.141. The van der Waals surface area contributed by atoms with E-state index in [1.807, 2.05) is 26.8 Å². The molecule has 0 heterocycles. The summed E-state index contributed by atoms with van der Waals surface area (Å²) in [6.07, 6.45) is 0. The molecule has 4 heteroatoms. The van der Waals surface area contributed by atoms with Crippen molar-refractivity contribution in [2.45, 2.75) is 27.4 Å². The van der Waals surface area contributed by atoms with E-state index < -0.39 is 5.97 Å². The quantitative estimate of drug-likeness (QED) is 0.863. The lowest BCUT2D eigenvalue weighted by atomic mass is 10.0. The van der Waals surface area contributed by atoms with Crippen LogP contribution in [-0.4, -0.2) is 18.4 Å². The number of carbonyl (C=O) groups is 2. The molecule has 0 radical (unpaired) electrons. The number of ether oxygens (including phenoxy) is 1. The summed E-state index contributed by atoms with van der Waals surface area (Å²) in [5.41, 5.74) is 4.92. The molecule has 0 spiro atoms. The maximum atomic E-state index is 11.9. The summed E-state index contributed by atoms with van der Waals surface area (Å²) < 4.78 is 5.26. The van der Waals surface area contributed by atoms with Gasteiger partial charge in [-0.25, -0.2) is 0 Å². The highest BCUT2D eigenvalue weighted by molar-refractivity contribution is 5.95. The Hall–Kier alpha value is -2.62. The third kappa shape index (κ3) is 4.68. The zero-order valence-electron chi connectivity index (χ0n) is 13.7. The van der Waals surface area contributed by atoms with Crippen molar-refractivity contribution in [3.05, 3.63) is 70.3 Å². The molecule has 0 unspecified atom stereocenters. The van der Waals surface area contributed by atoms with Gasteiger partial charge >= 0.3 is 5.97 Å². The Morgan fingerprint density at radius 1 is 1.00 bits per heavy atom. The highest BCUT2D eigenvalue weighted by Gasteiger charge is 2.10. The maximum absolute atomic E-state index is 11.9. The summed E-state index contributed by atoms with van der Waals surface area (Å²) in [6.45, 7) is 6.12. The molecule has 0 aromatic heterocycles. The van der Waals surface area contributed by atoms with Gasteiger partial charge in [0.1, 0.15) is 13.2 Å². The molecule has 1 amide bonds. The minimum Gasteiger partial charge on any atom is -0.459 e. The fourth-order valence-electron chi connectivity index (χ4n) is 2.49. The predicted molar refractivity (Wildman–Crippen MR) is 89.2 cm³/mol. The Labute approximate surface area is 136 Å². The van der Waals surface area contributed by atoms with Gasteiger partial charge in [-0.2, -0.15) is 0 Å². The smallest absolute Gasteiger partial charge is 0.325 e. The lowest BCUT2D eigenvalue weighted by Gasteiger charge is -2.12. The number of nitrogens with one attached hydrogen (secondary N) is 1. The molecule has 1 N–H and O–H groups in total. The van der Waals surface area contributed by atoms with E-state index in [4.69, 9.17) is 4.74 Å². The molecule has 0 aliphatic carbocycles. The highest BCUT2D eigenvalue weighted by atomic mass is 16.5. The van der Waals surface area contributed by atoms with Gasteiger partial charge in [0.25, 0.3) is 5.91 Å². The molecule has 2 aromatic carbocycles. The third-order valence-electron chi connectivity index (χ3n) is 3.65. The van der Waals surface area contributed by atoms with Crippen LogP contribution in [0, 0.1) is 20.8 Å². The van der Waals surface area contributed by atoms with Crippen LogP contribution in [0.1, 0.15) is 32.6 Å². The lowest BCUT2D eigenvalue weighted by Crippen LogP contribution is -2.30. The third-order valence-corrected chi connectivity index (χ3v) is 3.65. The first-order chi connectivity index (χ1) is 11.0. The second-order valence-corrected chi connectivity index (χ2v) is 5.59. The Morgan fingerprint density at radius 3 is 2.22 bits per heavy atom. The fraction of sp³-hybridized carbons (Fsp3) is 0.263. The number of rotatable bonds is 5. The Balaban J connectivity index is 1.85. The van der Waals surface area contributed by atoms with Crippen LogP contribution in [0.15, 0.2) is 42.5 Å². The molecule has 4 nitrogen and oxygen atoms in total. The number of amides is 1. The van der Waals surface area contributed by atoms with Gasteiger partial charge in [0.05, 0.1) is 0 Å². The molecule has 0 aliphatic heterocycles. The van der Waals surface area contributed by atoms with Crippen LogP contribution in [0.3, 0.4) is 0 Å². The summed E-state index contributed by atoms with van der Waals surface area (Å²) in [7, 11) is 0. The summed E-state index contributed by atoms with van der Waals surface area (Å²) in [5.74, 6) is -0.737. The average molecular weight is 311 g/mol. The number of hydrogen-bond acceptors (Lipinski definition) is 3. The van der Waals surface area contributed by atoms with Crippen molar-refractivity contribution in [2.75, 3.05) is 6.54 Å². The minimum atomic E-state index is -0.450. The van der Waals surface area contributed by atoms with E-state index in [-0.39, 0.29) is 19.1 Å². The molecule has 0 bridgehead atoms. The van der Waals surface area contributed by atoms with Crippen LogP contribution in [0.4, 0.5) is 0 Å². The van der Waals surface area contributed by atoms with Crippen LogP contribution >= 0.6 is 0 Å². The molecular formula is C19H21NO3. The molecule has 120 valence electrons. The van der Waals surface area contributed by atoms with Crippen molar-refractivity contribution in [3.63, 3.8) is 0 Å². The van der Waals surface area contributed by atoms with E-state index in [0.717, 1.165) is 16.7 Å². The van der Waals surface area contributed by atoms with Crippen LogP contribution < -0.4 is 5.32 Å². The molecule has 0 saturated heterocycles. The number of benzene rings is 2. The van der Waals surface area contributed by atoms with Crippen molar-refractivity contribution >= 4 is 11.9 Å². The number of aryl methyl sites for hydroxylation is 3.